The van der Waals surface area contributed by atoms with Gasteiger partial charge in [0.25, 0.3) is 0 Å². The maximum atomic E-state index is 13.0. The van der Waals surface area contributed by atoms with E-state index in [9.17, 15) is 18.0 Å². The summed E-state index contributed by atoms with van der Waals surface area (Å²) in [7, 11) is -2.37. The van der Waals surface area contributed by atoms with Gasteiger partial charge in [0, 0.05) is 34.9 Å². The zero-order valence-corrected chi connectivity index (χ0v) is 27.0. The number of ether oxygens (including phenoxy) is 2. The molecule has 0 bridgehead atoms. The van der Waals surface area contributed by atoms with Crippen LogP contribution in [0.3, 0.4) is 0 Å². The van der Waals surface area contributed by atoms with E-state index in [0.717, 1.165) is 59.6 Å². The fourth-order valence-corrected chi connectivity index (χ4v) is 9.07. The fourth-order valence-electron chi connectivity index (χ4n) is 5.20. The lowest BCUT2D eigenvalue weighted by molar-refractivity contribution is -0.200. The molecule has 2 aromatic carbocycles. The first-order valence-electron chi connectivity index (χ1n) is 14.6. The summed E-state index contributed by atoms with van der Waals surface area (Å²) >= 11 is 3.47. The van der Waals surface area contributed by atoms with Gasteiger partial charge in [0.05, 0.1) is 23.3 Å². The molecule has 1 aromatic heterocycles. The number of anilines is 1. The summed E-state index contributed by atoms with van der Waals surface area (Å²) in [6.07, 6.45) is 5.79. The van der Waals surface area contributed by atoms with E-state index in [1.54, 1.807) is 29.5 Å². The smallest absolute Gasteiger partial charge is 0.245 e. The molecule has 2 fully saturated rings. The number of thioether (sulfide) groups is 1. The van der Waals surface area contributed by atoms with Crippen molar-refractivity contribution in [3.8, 4) is 16.2 Å². The second-order valence-electron chi connectivity index (χ2n) is 10.7. The highest BCUT2D eigenvalue weighted by Crippen LogP contribution is 2.51. The van der Waals surface area contributed by atoms with Gasteiger partial charge in [-0.3, -0.25) is 9.59 Å². The molecular weight excluding hydrogens is 623 g/mol. The number of carbonyl (C=O) groups excluding carboxylic acids is 2. The number of hydrogen-bond acceptors (Lipinski definition) is 9. The van der Waals surface area contributed by atoms with Crippen molar-refractivity contribution in [2.24, 2.45) is 0 Å². The van der Waals surface area contributed by atoms with Gasteiger partial charge in [-0.05, 0) is 85.5 Å². The quantitative estimate of drug-likeness (QED) is 0.220. The second-order valence-corrected chi connectivity index (χ2v) is 15.0. The minimum atomic E-state index is -3.87. The normalized spacial score (nSPS) is 20.5. The monoisotopic (exact) mass is 659 g/mol. The maximum Gasteiger partial charge on any atom is 0.245 e. The lowest BCUT2D eigenvalue weighted by Gasteiger charge is -2.35. The summed E-state index contributed by atoms with van der Waals surface area (Å²) in [4.78, 5) is 33.4. The van der Waals surface area contributed by atoms with Gasteiger partial charge in [-0.1, -0.05) is 18.6 Å². The largest absolute Gasteiger partial charge is 0.497 e. The minimum absolute atomic E-state index is 0.0405. The topological polar surface area (TPSA) is 132 Å². The molecule has 0 aliphatic carbocycles. The fraction of sp³-hybridized carbons (Fsp3) is 0.419. The Morgan fingerprint density at radius 2 is 1.86 bits per heavy atom. The number of carbonyl (C=O) groups is 2. The summed E-state index contributed by atoms with van der Waals surface area (Å²) in [6, 6.07) is 17.5. The van der Waals surface area contributed by atoms with E-state index in [-0.39, 0.29) is 15.5 Å². The van der Waals surface area contributed by atoms with E-state index in [2.05, 4.69) is 21.6 Å². The van der Waals surface area contributed by atoms with Crippen LogP contribution in [0, 0.1) is 0 Å². The first-order valence-corrected chi connectivity index (χ1v) is 17.9. The zero-order chi connectivity index (χ0) is 31.0. The van der Waals surface area contributed by atoms with Crippen molar-refractivity contribution >= 4 is 50.6 Å². The summed E-state index contributed by atoms with van der Waals surface area (Å²) < 4.78 is 37.8. The maximum absolute atomic E-state index is 13.0. The van der Waals surface area contributed by atoms with Crippen molar-refractivity contribution in [2.45, 2.75) is 60.9 Å². The van der Waals surface area contributed by atoms with Crippen LogP contribution in [0.5, 0.6) is 5.75 Å². The molecule has 1 unspecified atom stereocenters. The highest BCUT2D eigenvalue weighted by Gasteiger charge is 2.38. The molecule has 236 valence electrons. The zero-order valence-electron chi connectivity index (χ0n) is 24.5. The molecule has 2 saturated heterocycles. The molecule has 3 aromatic rings. The molecule has 2 aliphatic heterocycles. The third-order valence-electron chi connectivity index (χ3n) is 7.52. The lowest BCUT2D eigenvalue weighted by atomic mass is 9.94. The van der Waals surface area contributed by atoms with Gasteiger partial charge < -0.3 is 14.8 Å². The van der Waals surface area contributed by atoms with E-state index in [4.69, 9.17) is 14.3 Å². The Balaban J connectivity index is 1.21. The molecule has 13 heteroatoms. The van der Waals surface area contributed by atoms with Crippen LogP contribution < -0.4 is 20.3 Å². The third kappa shape index (κ3) is 8.40. The Morgan fingerprint density at radius 3 is 2.59 bits per heavy atom. The van der Waals surface area contributed by atoms with Crippen LogP contribution >= 0.6 is 23.1 Å². The standard InChI is InChI=1S/C31H37N3O7S3/c1-39-24-10-12-25(13-11-24)44(37,38)32-21-29(36)33-23-8-6-7-22(19-23)26-14-15-27(43-26)31(16-3-5-18-42-31)20-28(35)34-41-30-9-2-4-17-40-30/h6-8,10-15,19,30,32H,2-5,9,16-18,20-21H2,1H3,(H,33,36)(H,34,35)/t30?,31-/m0/s1. The van der Waals surface area contributed by atoms with E-state index >= 15 is 0 Å². The number of thiophene rings is 1. The van der Waals surface area contributed by atoms with Crippen LogP contribution in [0.2, 0.25) is 0 Å². The molecule has 3 N–H and O–H groups in total. The Labute approximate surface area is 266 Å². The second kappa shape index (κ2) is 14.9. The van der Waals surface area contributed by atoms with Gasteiger partial charge in [-0.2, -0.15) is 0 Å². The Morgan fingerprint density at radius 1 is 1.02 bits per heavy atom. The summed E-state index contributed by atoms with van der Waals surface area (Å²) in [5.41, 5.74) is 4.09. The molecule has 0 radical (unpaired) electrons. The van der Waals surface area contributed by atoms with E-state index < -0.39 is 28.8 Å². The highest BCUT2D eigenvalue weighted by molar-refractivity contribution is 8.00. The minimum Gasteiger partial charge on any atom is -0.497 e. The number of nitrogens with one attached hydrogen (secondary N) is 3. The van der Waals surface area contributed by atoms with Crippen LogP contribution in [0.1, 0.15) is 49.8 Å². The van der Waals surface area contributed by atoms with Gasteiger partial charge in [-0.25, -0.2) is 23.5 Å². The Bertz CT molecular complexity index is 1530. The van der Waals surface area contributed by atoms with Crippen LogP contribution in [-0.4, -0.2) is 52.5 Å². The Hall–Kier alpha value is -2.94. The molecule has 10 nitrogen and oxygen atoms in total. The summed E-state index contributed by atoms with van der Waals surface area (Å²) in [5, 5.41) is 2.78. The molecular formula is C31H37N3O7S3. The van der Waals surface area contributed by atoms with Crippen molar-refractivity contribution in [1.82, 2.24) is 10.2 Å². The van der Waals surface area contributed by atoms with Gasteiger partial charge in [-0.15, -0.1) is 23.1 Å². The highest BCUT2D eigenvalue weighted by atomic mass is 32.2. The molecule has 2 amide bonds. The van der Waals surface area contributed by atoms with Crippen molar-refractivity contribution in [3.63, 3.8) is 0 Å². The van der Waals surface area contributed by atoms with Gasteiger partial charge >= 0.3 is 0 Å². The molecule has 3 heterocycles. The van der Waals surface area contributed by atoms with E-state index in [1.165, 1.54) is 19.2 Å². The molecule has 0 spiro atoms. The molecule has 44 heavy (non-hydrogen) atoms. The number of amides is 2. The van der Waals surface area contributed by atoms with Gasteiger partial charge in [0.2, 0.25) is 21.8 Å². The van der Waals surface area contributed by atoms with Crippen LogP contribution in [-0.2, 0) is 33.9 Å². The van der Waals surface area contributed by atoms with Crippen molar-refractivity contribution in [3.05, 3.63) is 65.5 Å². The van der Waals surface area contributed by atoms with Crippen LogP contribution in [0.25, 0.3) is 10.4 Å². The first-order chi connectivity index (χ1) is 21.3. The number of methoxy groups -OCH3 is 1. The first kappa shape index (κ1) is 32.5. The molecule has 0 saturated carbocycles. The van der Waals surface area contributed by atoms with Crippen LogP contribution in [0.4, 0.5) is 5.69 Å². The number of hydrogen-bond donors (Lipinski definition) is 3. The molecule has 2 aliphatic rings. The number of hydroxylamine groups is 1. The van der Waals surface area contributed by atoms with Gasteiger partial charge in [0.1, 0.15) is 5.75 Å². The third-order valence-corrected chi connectivity index (χ3v) is 12.0. The lowest BCUT2D eigenvalue weighted by Crippen LogP contribution is -2.37. The summed E-state index contributed by atoms with van der Waals surface area (Å²) in [6.45, 7) is 0.229. The van der Waals surface area contributed by atoms with E-state index in [1.807, 2.05) is 36.0 Å². The van der Waals surface area contributed by atoms with Crippen molar-refractivity contribution < 1.29 is 32.3 Å². The number of rotatable bonds is 12. The predicted octanol–water partition coefficient (Wildman–Crippen LogP) is 5.42. The van der Waals surface area contributed by atoms with Gasteiger partial charge in [0.15, 0.2) is 6.29 Å². The SMILES string of the molecule is COc1ccc(S(=O)(=O)NCC(=O)Nc2cccc(-c3ccc([C@@]4(CC(=O)NOC5CCCCO5)CCCCS4)s3)c2)cc1. The molecule has 5 rings (SSSR count). The number of benzene rings is 2. The predicted molar refractivity (Wildman–Crippen MR) is 172 cm³/mol. The average molecular weight is 660 g/mol. The summed E-state index contributed by atoms with van der Waals surface area (Å²) in [5.74, 6) is 0.871. The van der Waals surface area contributed by atoms with Crippen LogP contribution in [0.15, 0.2) is 65.6 Å². The van der Waals surface area contributed by atoms with E-state index in [0.29, 0.717) is 24.5 Å². The Kier molecular flexibility index (Phi) is 11.0. The van der Waals surface area contributed by atoms with Crippen molar-refractivity contribution in [1.29, 1.82) is 0 Å². The molecule has 2 atom stereocenters. The van der Waals surface area contributed by atoms with Crippen molar-refractivity contribution in [2.75, 3.05) is 31.3 Å². The average Bonchev–Trinajstić information content (AvgIpc) is 3.56. The number of sulfonamides is 1.